The molecule has 0 amide bonds. The summed E-state index contributed by atoms with van der Waals surface area (Å²) in [5.41, 5.74) is 3.36. The Morgan fingerprint density at radius 2 is 1.80 bits per heavy atom. The molecule has 0 aromatic heterocycles. The molecular formula is C16H13ClF2O. The van der Waals surface area contributed by atoms with Crippen LogP contribution in [0.15, 0.2) is 30.3 Å². The third kappa shape index (κ3) is 2.32. The number of hydrogen-bond acceptors (Lipinski definition) is 1. The summed E-state index contributed by atoms with van der Waals surface area (Å²) in [6.07, 6.45) is 0. The maximum Gasteiger partial charge on any atom is 0.128 e. The number of hydrogen-bond donors (Lipinski definition) is 0. The van der Waals surface area contributed by atoms with E-state index in [4.69, 9.17) is 16.3 Å². The van der Waals surface area contributed by atoms with Crippen molar-refractivity contribution in [3.8, 4) is 0 Å². The van der Waals surface area contributed by atoms with Crippen molar-refractivity contribution in [2.45, 2.75) is 25.5 Å². The average molecular weight is 295 g/mol. The Kier molecular flexibility index (Phi) is 3.48. The van der Waals surface area contributed by atoms with Crippen LogP contribution in [0.3, 0.4) is 0 Å². The number of halogens is 3. The summed E-state index contributed by atoms with van der Waals surface area (Å²) in [5.74, 6) is -0.933. The minimum atomic E-state index is -0.712. The Morgan fingerprint density at radius 3 is 2.60 bits per heavy atom. The van der Waals surface area contributed by atoms with E-state index in [1.807, 2.05) is 18.2 Å². The van der Waals surface area contributed by atoms with Crippen LogP contribution >= 0.6 is 11.6 Å². The topological polar surface area (TPSA) is 9.23 Å². The minimum Gasteiger partial charge on any atom is -0.372 e. The molecule has 1 aliphatic heterocycles. The lowest BCUT2D eigenvalue weighted by Gasteiger charge is -2.13. The van der Waals surface area contributed by atoms with Crippen LogP contribution in [-0.2, 0) is 18.0 Å². The molecule has 0 spiro atoms. The number of alkyl halides is 1. The number of benzene rings is 2. The molecule has 0 bridgehead atoms. The van der Waals surface area contributed by atoms with Gasteiger partial charge in [0.25, 0.3) is 0 Å². The van der Waals surface area contributed by atoms with E-state index in [-0.39, 0.29) is 11.1 Å². The van der Waals surface area contributed by atoms with Crippen LogP contribution in [0.25, 0.3) is 0 Å². The van der Waals surface area contributed by atoms with Crippen molar-refractivity contribution >= 4 is 11.6 Å². The van der Waals surface area contributed by atoms with Gasteiger partial charge in [0.15, 0.2) is 0 Å². The zero-order valence-electron chi connectivity index (χ0n) is 10.9. The number of fused-ring (bicyclic) bond motifs is 1. The van der Waals surface area contributed by atoms with Gasteiger partial charge in [0.1, 0.15) is 11.6 Å². The lowest BCUT2D eigenvalue weighted by molar-refractivity contribution is 0.134. The van der Waals surface area contributed by atoms with Crippen LogP contribution in [0.5, 0.6) is 0 Å². The van der Waals surface area contributed by atoms with E-state index in [2.05, 4.69) is 0 Å². The van der Waals surface area contributed by atoms with E-state index in [0.29, 0.717) is 13.2 Å². The third-order valence-electron chi connectivity index (χ3n) is 3.59. The molecule has 104 valence electrons. The summed E-state index contributed by atoms with van der Waals surface area (Å²) in [5, 5.41) is -0.712. The lowest BCUT2D eigenvalue weighted by Crippen LogP contribution is -2.00. The normalized spacial score (nSPS) is 15.2. The first kappa shape index (κ1) is 13.5. The first-order chi connectivity index (χ1) is 9.56. The van der Waals surface area contributed by atoms with Crippen LogP contribution < -0.4 is 0 Å². The zero-order valence-corrected chi connectivity index (χ0v) is 11.7. The van der Waals surface area contributed by atoms with Gasteiger partial charge in [-0.25, -0.2) is 8.78 Å². The van der Waals surface area contributed by atoms with Crippen molar-refractivity contribution in [1.29, 1.82) is 0 Å². The van der Waals surface area contributed by atoms with Gasteiger partial charge in [0.2, 0.25) is 0 Å². The standard InChI is InChI=1S/C16H13ClF2O/c1-9-4-15(19)13(6-14(9)18)16(17)10-2-3-11-7-20-8-12(11)5-10/h2-6,16H,7-8H2,1H3. The largest absolute Gasteiger partial charge is 0.372 e. The number of aryl methyl sites for hydroxylation is 1. The molecule has 2 aromatic carbocycles. The van der Waals surface area contributed by atoms with Gasteiger partial charge in [-0.2, -0.15) is 0 Å². The highest BCUT2D eigenvalue weighted by molar-refractivity contribution is 6.22. The van der Waals surface area contributed by atoms with E-state index in [0.717, 1.165) is 16.7 Å². The van der Waals surface area contributed by atoms with E-state index < -0.39 is 17.0 Å². The van der Waals surface area contributed by atoms with Crippen molar-refractivity contribution in [1.82, 2.24) is 0 Å². The second-order valence-electron chi connectivity index (χ2n) is 5.01. The molecule has 1 nitrogen and oxygen atoms in total. The van der Waals surface area contributed by atoms with E-state index >= 15 is 0 Å². The van der Waals surface area contributed by atoms with Crippen molar-refractivity contribution in [3.63, 3.8) is 0 Å². The monoisotopic (exact) mass is 294 g/mol. The highest BCUT2D eigenvalue weighted by Crippen LogP contribution is 2.34. The molecule has 3 rings (SSSR count). The molecule has 0 N–H and O–H groups in total. The molecule has 1 heterocycles. The fourth-order valence-electron chi connectivity index (χ4n) is 2.39. The lowest BCUT2D eigenvalue weighted by atomic mass is 9.99. The van der Waals surface area contributed by atoms with E-state index in [1.165, 1.54) is 19.1 Å². The predicted octanol–water partition coefficient (Wildman–Crippen LogP) is 4.63. The summed E-state index contributed by atoms with van der Waals surface area (Å²) in [6, 6.07) is 8.01. The Hall–Kier alpha value is -1.45. The number of rotatable bonds is 2. The molecule has 0 radical (unpaired) electrons. The van der Waals surface area contributed by atoms with Gasteiger partial charge in [-0.15, -0.1) is 11.6 Å². The van der Waals surface area contributed by atoms with Crippen LogP contribution in [0, 0.1) is 18.6 Å². The summed E-state index contributed by atoms with van der Waals surface area (Å²) < 4.78 is 32.9. The first-order valence-electron chi connectivity index (χ1n) is 6.35. The van der Waals surface area contributed by atoms with Gasteiger partial charge in [-0.3, -0.25) is 0 Å². The molecule has 2 aromatic rings. The Bertz CT molecular complexity index is 670. The van der Waals surface area contributed by atoms with Crippen LogP contribution in [-0.4, -0.2) is 0 Å². The smallest absolute Gasteiger partial charge is 0.128 e. The molecule has 1 atom stereocenters. The summed E-state index contributed by atoms with van der Waals surface area (Å²) in [4.78, 5) is 0. The second-order valence-corrected chi connectivity index (χ2v) is 5.44. The Balaban J connectivity index is 2.00. The van der Waals surface area contributed by atoms with Crippen molar-refractivity contribution in [2.24, 2.45) is 0 Å². The summed E-state index contributed by atoms with van der Waals surface area (Å²) in [7, 11) is 0. The van der Waals surface area contributed by atoms with Crippen LogP contribution in [0.1, 0.15) is 33.2 Å². The molecule has 1 aliphatic rings. The van der Waals surface area contributed by atoms with Crippen LogP contribution in [0.2, 0.25) is 0 Å². The zero-order chi connectivity index (χ0) is 14.3. The van der Waals surface area contributed by atoms with Gasteiger partial charge in [0.05, 0.1) is 18.6 Å². The molecular weight excluding hydrogens is 282 g/mol. The van der Waals surface area contributed by atoms with Gasteiger partial charge in [-0.1, -0.05) is 18.2 Å². The van der Waals surface area contributed by atoms with Gasteiger partial charge >= 0.3 is 0 Å². The summed E-state index contributed by atoms with van der Waals surface area (Å²) >= 11 is 6.32. The molecule has 0 fully saturated rings. The Labute approximate surface area is 121 Å². The highest BCUT2D eigenvalue weighted by Gasteiger charge is 2.20. The fraction of sp³-hybridized carbons (Fsp3) is 0.250. The quantitative estimate of drug-likeness (QED) is 0.734. The van der Waals surface area contributed by atoms with Crippen molar-refractivity contribution < 1.29 is 13.5 Å². The molecule has 20 heavy (non-hydrogen) atoms. The van der Waals surface area contributed by atoms with Gasteiger partial charge in [0, 0.05) is 5.56 Å². The van der Waals surface area contributed by atoms with E-state index in [9.17, 15) is 8.78 Å². The van der Waals surface area contributed by atoms with Crippen LogP contribution in [0.4, 0.5) is 8.78 Å². The minimum absolute atomic E-state index is 0.161. The molecule has 0 saturated carbocycles. The van der Waals surface area contributed by atoms with Crippen molar-refractivity contribution in [2.75, 3.05) is 0 Å². The maximum absolute atomic E-state index is 14.0. The average Bonchev–Trinajstić information content (AvgIpc) is 2.89. The molecule has 1 unspecified atom stereocenters. The van der Waals surface area contributed by atoms with Gasteiger partial charge in [-0.05, 0) is 41.3 Å². The fourth-order valence-corrected chi connectivity index (χ4v) is 2.69. The number of ether oxygens (including phenoxy) is 1. The van der Waals surface area contributed by atoms with Crippen molar-refractivity contribution in [3.05, 3.63) is 69.8 Å². The Morgan fingerprint density at radius 1 is 1.05 bits per heavy atom. The first-order valence-corrected chi connectivity index (χ1v) is 6.79. The van der Waals surface area contributed by atoms with Gasteiger partial charge < -0.3 is 4.74 Å². The predicted molar refractivity (Wildman–Crippen MR) is 73.7 cm³/mol. The molecule has 0 aliphatic carbocycles. The SMILES string of the molecule is Cc1cc(F)c(C(Cl)c2ccc3c(c2)COC3)cc1F. The maximum atomic E-state index is 14.0. The van der Waals surface area contributed by atoms with E-state index in [1.54, 1.807) is 0 Å². The highest BCUT2D eigenvalue weighted by atomic mass is 35.5. The second kappa shape index (κ2) is 5.15. The third-order valence-corrected chi connectivity index (χ3v) is 4.08. The summed E-state index contributed by atoms with van der Waals surface area (Å²) in [6.45, 7) is 2.66. The molecule has 0 saturated heterocycles. The molecule has 4 heteroatoms.